The standard InChI is InChI=1S/C30H28ClNO4S/c1-21(2)18-24-19-23(27-10-6-7-11-29(27)36-20-22-8-4-3-5-9-22)12-17-28(24)30(33)32-37(34,35)26-15-13-25(31)14-16-26/h3-17,19,21H,18,20H2,1-2H3,(H,32,33). The molecular formula is C30H28ClNO4S. The van der Waals surface area contributed by atoms with E-state index in [1.165, 1.54) is 24.3 Å². The second-order valence-electron chi connectivity index (χ2n) is 9.13. The van der Waals surface area contributed by atoms with Crippen LogP contribution in [0.4, 0.5) is 0 Å². The Morgan fingerprint density at radius 1 is 0.892 bits per heavy atom. The van der Waals surface area contributed by atoms with Crippen LogP contribution in [0.25, 0.3) is 11.1 Å². The molecule has 5 nitrogen and oxygen atoms in total. The topological polar surface area (TPSA) is 72.5 Å². The molecule has 0 radical (unpaired) electrons. The summed E-state index contributed by atoms with van der Waals surface area (Å²) in [5, 5.41) is 0.410. The number of hydrogen-bond acceptors (Lipinski definition) is 4. The first-order valence-corrected chi connectivity index (χ1v) is 13.8. The van der Waals surface area contributed by atoms with E-state index >= 15 is 0 Å². The van der Waals surface area contributed by atoms with Crippen molar-refractivity contribution in [3.63, 3.8) is 0 Å². The summed E-state index contributed by atoms with van der Waals surface area (Å²) in [6.45, 7) is 4.53. The molecule has 0 atom stereocenters. The molecule has 0 saturated carbocycles. The molecule has 0 spiro atoms. The highest BCUT2D eigenvalue weighted by Crippen LogP contribution is 2.32. The van der Waals surface area contributed by atoms with Gasteiger partial charge in [-0.2, -0.15) is 0 Å². The molecule has 1 N–H and O–H groups in total. The van der Waals surface area contributed by atoms with Crippen LogP contribution >= 0.6 is 11.6 Å². The Morgan fingerprint density at radius 2 is 1.57 bits per heavy atom. The summed E-state index contributed by atoms with van der Waals surface area (Å²) in [6, 6.07) is 28.8. The van der Waals surface area contributed by atoms with Crippen LogP contribution in [-0.2, 0) is 23.1 Å². The zero-order valence-electron chi connectivity index (χ0n) is 20.6. The fraction of sp³-hybridized carbons (Fsp3) is 0.167. The van der Waals surface area contributed by atoms with Crippen molar-refractivity contribution in [3.8, 4) is 16.9 Å². The predicted molar refractivity (Wildman–Crippen MR) is 147 cm³/mol. The number of halogens is 1. The summed E-state index contributed by atoms with van der Waals surface area (Å²) in [6.07, 6.45) is 0.602. The van der Waals surface area contributed by atoms with Crippen molar-refractivity contribution in [2.24, 2.45) is 5.92 Å². The number of ether oxygens (including phenoxy) is 1. The van der Waals surface area contributed by atoms with Crippen molar-refractivity contribution in [1.82, 2.24) is 4.72 Å². The number of carbonyl (C=O) groups excluding carboxylic acids is 1. The third-order valence-electron chi connectivity index (χ3n) is 5.76. The maximum Gasteiger partial charge on any atom is 0.265 e. The summed E-state index contributed by atoms with van der Waals surface area (Å²) in [5.41, 5.74) is 3.92. The van der Waals surface area contributed by atoms with Crippen LogP contribution in [0, 0.1) is 5.92 Å². The van der Waals surface area contributed by atoms with E-state index in [-0.39, 0.29) is 10.8 Å². The van der Waals surface area contributed by atoms with E-state index in [0.717, 1.165) is 28.0 Å². The van der Waals surface area contributed by atoms with Crippen LogP contribution < -0.4 is 9.46 Å². The summed E-state index contributed by atoms with van der Waals surface area (Å²) >= 11 is 5.87. The lowest BCUT2D eigenvalue weighted by Crippen LogP contribution is -2.31. The molecule has 0 aliphatic carbocycles. The van der Waals surface area contributed by atoms with Gasteiger partial charge in [-0.25, -0.2) is 13.1 Å². The Balaban J connectivity index is 1.63. The quantitative estimate of drug-likeness (QED) is 0.254. The molecule has 37 heavy (non-hydrogen) atoms. The Hall–Kier alpha value is -3.61. The molecule has 0 aromatic heterocycles. The van der Waals surface area contributed by atoms with Gasteiger partial charge in [0.05, 0.1) is 4.90 Å². The minimum absolute atomic E-state index is 0.0308. The number of amides is 1. The third-order valence-corrected chi connectivity index (χ3v) is 7.36. The smallest absolute Gasteiger partial charge is 0.265 e. The molecule has 0 fully saturated rings. The van der Waals surface area contributed by atoms with Crippen LogP contribution in [0.2, 0.25) is 5.02 Å². The highest BCUT2D eigenvalue weighted by atomic mass is 35.5. The molecule has 1 amide bonds. The lowest BCUT2D eigenvalue weighted by molar-refractivity contribution is 0.0980. The summed E-state index contributed by atoms with van der Waals surface area (Å²) in [5.74, 6) is 0.300. The van der Waals surface area contributed by atoms with Crippen molar-refractivity contribution < 1.29 is 17.9 Å². The van der Waals surface area contributed by atoms with Crippen molar-refractivity contribution >= 4 is 27.5 Å². The minimum Gasteiger partial charge on any atom is -0.488 e. The number of carbonyl (C=O) groups is 1. The molecular weight excluding hydrogens is 506 g/mol. The molecule has 0 unspecified atom stereocenters. The zero-order valence-corrected chi connectivity index (χ0v) is 22.2. The first kappa shape index (κ1) is 26.5. The van der Waals surface area contributed by atoms with Gasteiger partial charge in [0.15, 0.2) is 0 Å². The van der Waals surface area contributed by atoms with E-state index in [4.69, 9.17) is 16.3 Å². The van der Waals surface area contributed by atoms with Gasteiger partial charge < -0.3 is 4.74 Å². The Kier molecular flexibility index (Phi) is 8.31. The second kappa shape index (κ2) is 11.6. The molecule has 0 aliphatic rings. The van der Waals surface area contributed by atoms with Crippen molar-refractivity contribution in [2.45, 2.75) is 31.8 Å². The van der Waals surface area contributed by atoms with Gasteiger partial charge in [-0.3, -0.25) is 4.79 Å². The van der Waals surface area contributed by atoms with Gasteiger partial charge in [0, 0.05) is 16.1 Å². The monoisotopic (exact) mass is 533 g/mol. The van der Waals surface area contributed by atoms with Crippen LogP contribution in [-0.4, -0.2) is 14.3 Å². The molecule has 0 saturated heterocycles. The van der Waals surface area contributed by atoms with Crippen molar-refractivity contribution in [3.05, 3.63) is 119 Å². The van der Waals surface area contributed by atoms with Crippen LogP contribution in [0.5, 0.6) is 5.75 Å². The minimum atomic E-state index is -4.05. The normalized spacial score (nSPS) is 11.4. The average molecular weight is 534 g/mol. The molecule has 0 bridgehead atoms. The van der Waals surface area contributed by atoms with E-state index in [2.05, 4.69) is 18.6 Å². The van der Waals surface area contributed by atoms with Crippen LogP contribution in [0.3, 0.4) is 0 Å². The first-order valence-electron chi connectivity index (χ1n) is 11.9. The Bertz CT molecular complexity index is 1480. The molecule has 4 aromatic carbocycles. The van der Waals surface area contributed by atoms with Gasteiger partial charge >= 0.3 is 0 Å². The van der Waals surface area contributed by atoms with Crippen molar-refractivity contribution in [2.75, 3.05) is 0 Å². The van der Waals surface area contributed by atoms with E-state index in [1.807, 2.05) is 66.7 Å². The molecule has 0 heterocycles. The maximum absolute atomic E-state index is 13.1. The van der Waals surface area contributed by atoms with Crippen LogP contribution in [0.1, 0.15) is 35.3 Å². The fourth-order valence-corrected chi connectivity index (χ4v) is 5.10. The zero-order chi connectivity index (χ0) is 26.4. The van der Waals surface area contributed by atoms with Crippen LogP contribution in [0.15, 0.2) is 102 Å². The summed E-state index contributed by atoms with van der Waals surface area (Å²) in [4.78, 5) is 13.1. The molecule has 7 heteroatoms. The number of benzene rings is 4. The van der Waals surface area contributed by atoms with E-state index in [1.54, 1.807) is 6.07 Å². The van der Waals surface area contributed by atoms with Gasteiger partial charge in [-0.15, -0.1) is 0 Å². The second-order valence-corrected chi connectivity index (χ2v) is 11.2. The average Bonchev–Trinajstić information content (AvgIpc) is 2.88. The number of sulfonamides is 1. The number of para-hydroxylation sites is 1. The SMILES string of the molecule is CC(C)Cc1cc(-c2ccccc2OCc2ccccc2)ccc1C(=O)NS(=O)(=O)c1ccc(Cl)cc1. The Morgan fingerprint density at radius 3 is 2.27 bits per heavy atom. The van der Waals surface area contributed by atoms with Gasteiger partial charge in [-0.05, 0) is 65.4 Å². The highest BCUT2D eigenvalue weighted by Gasteiger charge is 2.22. The maximum atomic E-state index is 13.1. The molecule has 190 valence electrons. The largest absolute Gasteiger partial charge is 0.488 e. The lowest BCUT2D eigenvalue weighted by Gasteiger charge is -2.16. The van der Waals surface area contributed by atoms with Gasteiger partial charge in [-0.1, -0.05) is 86.1 Å². The van der Waals surface area contributed by atoms with Gasteiger partial charge in [0.1, 0.15) is 12.4 Å². The number of nitrogens with one attached hydrogen (secondary N) is 1. The van der Waals surface area contributed by atoms with E-state index in [9.17, 15) is 13.2 Å². The molecule has 0 aliphatic heterocycles. The predicted octanol–water partition coefficient (Wildman–Crippen LogP) is 6.90. The number of rotatable bonds is 9. The third kappa shape index (κ3) is 6.79. The first-order chi connectivity index (χ1) is 17.7. The number of hydrogen-bond donors (Lipinski definition) is 1. The van der Waals surface area contributed by atoms with E-state index in [0.29, 0.717) is 23.6 Å². The van der Waals surface area contributed by atoms with Gasteiger partial charge in [0.25, 0.3) is 15.9 Å². The van der Waals surface area contributed by atoms with Gasteiger partial charge in [0.2, 0.25) is 0 Å². The Labute approximate surface area is 223 Å². The molecule has 4 aromatic rings. The summed E-state index contributed by atoms with van der Waals surface area (Å²) < 4.78 is 33.9. The molecule has 4 rings (SSSR count). The highest BCUT2D eigenvalue weighted by molar-refractivity contribution is 7.90. The fourth-order valence-electron chi connectivity index (χ4n) is 4.01. The van der Waals surface area contributed by atoms with Crippen molar-refractivity contribution in [1.29, 1.82) is 0 Å². The lowest BCUT2D eigenvalue weighted by atomic mass is 9.93. The van der Waals surface area contributed by atoms with E-state index < -0.39 is 15.9 Å². The summed E-state index contributed by atoms with van der Waals surface area (Å²) in [7, 11) is -4.05.